The third-order valence-electron chi connectivity index (χ3n) is 6.13. The molecule has 0 radical (unpaired) electrons. The van der Waals surface area contributed by atoms with Crippen molar-refractivity contribution in [3.05, 3.63) is 99.6 Å². The summed E-state index contributed by atoms with van der Waals surface area (Å²) in [5, 5.41) is 16.0. The number of aliphatic imine (C=N–C) groups is 1. The molecule has 2 aliphatic rings. The van der Waals surface area contributed by atoms with Gasteiger partial charge in [0.1, 0.15) is 29.8 Å². The monoisotopic (exact) mass is 558 g/mol. The fourth-order valence-electron chi connectivity index (χ4n) is 4.15. The second-order valence-corrected chi connectivity index (χ2v) is 10.7. The molecule has 0 bridgehead atoms. The van der Waals surface area contributed by atoms with Gasteiger partial charge in [0.25, 0.3) is 5.91 Å². The highest BCUT2D eigenvalue weighted by molar-refractivity contribution is 8.27. The largest absolute Gasteiger partial charge is 0.490 e. The molecule has 7 nitrogen and oxygen atoms in total. The average molecular weight is 559 g/mol. The van der Waals surface area contributed by atoms with Crippen LogP contribution in [0.4, 0.5) is 0 Å². The maximum atomic E-state index is 12.8. The Hall–Kier alpha value is -3.88. The fraction of sp³-hybridized carbons (Fsp3) is 0.200. The first-order chi connectivity index (χ1) is 18.8. The van der Waals surface area contributed by atoms with Crippen LogP contribution in [-0.2, 0) is 4.79 Å². The van der Waals surface area contributed by atoms with E-state index in [0.29, 0.717) is 45.7 Å². The molecule has 3 aromatic carbocycles. The predicted octanol–water partition coefficient (Wildman–Crippen LogP) is 6.90. The Kier molecular flexibility index (Phi) is 7.86. The van der Waals surface area contributed by atoms with Crippen LogP contribution in [0.2, 0.25) is 5.02 Å². The van der Waals surface area contributed by atoms with E-state index in [9.17, 15) is 4.79 Å². The number of aryl methyl sites for hydroxylation is 1. The van der Waals surface area contributed by atoms with Crippen molar-refractivity contribution in [3.8, 4) is 11.5 Å². The van der Waals surface area contributed by atoms with Crippen LogP contribution in [0.15, 0.2) is 82.4 Å². The summed E-state index contributed by atoms with van der Waals surface area (Å²) in [6.45, 7) is 7.09. The van der Waals surface area contributed by atoms with Gasteiger partial charge in [0, 0.05) is 5.56 Å². The number of carbonyl (C=O) groups excluding carboxylic acids is 1. The number of hydrazone groups is 1. The van der Waals surface area contributed by atoms with E-state index in [2.05, 4.69) is 36.1 Å². The average Bonchev–Trinajstić information content (AvgIpc) is 3.33. The summed E-state index contributed by atoms with van der Waals surface area (Å²) in [4.78, 5) is 17.0. The van der Waals surface area contributed by atoms with Crippen molar-refractivity contribution >= 4 is 51.4 Å². The quantitative estimate of drug-likeness (QED) is 0.240. The number of hydrogen-bond donors (Lipinski definition) is 1. The molecular formula is C30H27ClN4O3S. The molecule has 0 aromatic heterocycles. The second kappa shape index (κ2) is 11.5. The van der Waals surface area contributed by atoms with Gasteiger partial charge in [-0.3, -0.25) is 10.2 Å². The predicted molar refractivity (Wildman–Crippen MR) is 158 cm³/mol. The fourth-order valence-corrected chi connectivity index (χ4v) is 5.36. The molecular weight excluding hydrogens is 532 g/mol. The Bertz CT molecular complexity index is 1550. The van der Waals surface area contributed by atoms with E-state index >= 15 is 0 Å². The molecule has 9 heteroatoms. The van der Waals surface area contributed by atoms with Gasteiger partial charge in [-0.2, -0.15) is 15.1 Å². The van der Waals surface area contributed by atoms with Crippen LogP contribution in [0, 0.1) is 12.3 Å². The van der Waals surface area contributed by atoms with Gasteiger partial charge in [0.15, 0.2) is 5.84 Å². The van der Waals surface area contributed by atoms with Crippen LogP contribution >= 0.6 is 23.4 Å². The minimum Gasteiger partial charge on any atom is -0.490 e. The van der Waals surface area contributed by atoms with E-state index in [4.69, 9.17) is 26.5 Å². The number of thioether (sulfide) groups is 1. The minimum atomic E-state index is -0.492. The molecule has 3 aromatic rings. The lowest BCUT2D eigenvalue weighted by atomic mass is 10.0. The summed E-state index contributed by atoms with van der Waals surface area (Å²) in [6.07, 6.45) is 1.63. The van der Waals surface area contributed by atoms with Gasteiger partial charge >= 0.3 is 0 Å². The molecule has 5 rings (SSSR count). The first kappa shape index (κ1) is 26.7. The molecule has 0 unspecified atom stereocenters. The Morgan fingerprint density at radius 2 is 1.85 bits per heavy atom. The van der Waals surface area contributed by atoms with Gasteiger partial charge < -0.3 is 9.47 Å². The van der Waals surface area contributed by atoms with Crippen molar-refractivity contribution in [2.75, 3.05) is 13.2 Å². The van der Waals surface area contributed by atoms with E-state index in [-0.39, 0.29) is 11.4 Å². The summed E-state index contributed by atoms with van der Waals surface area (Å²) in [5.74, 6) is 1.34. The highest BCUT2D eigenvalue weighted by atomic mass is 35.5. The molecule has 0 spiro atoms. The van der Waals surface area contributed by atoms with Gasteiger partial charge in [0.05, 0.1) is 10.6 Å². The van der Waals surface area contributed by atoms with Crippen LogP contribution < -0.4 is 9.47 Å². The number of hydrogen-bond acceptors (Lipinski definition) is 6. The zero-order valence-electron chi connectivity index (χ0n) is 21.8. The van der Waals surface area contributed by atoms with Gasteiger partial charge in [-0.05, 0) is 71.6 Å². The van der Waals surface area contributed by atoms with Crippen LogP contribution in [0.1, 0.15) is 42.0 Å². The third kappa shape index (κ3) is 5.92. The zero-order valence-corrected chi connectivity index (χ0v) is 23.3. The highest BCUT2D eigenvalue weighted by Crippen LogP contribution is 2.33. The smallest absolute Gasteiger partial charge is 0.283 e. The number of amidine groups is 2. The van der Waals surface area contributed by atoms with Gasteiger partial charge in [-0.15, -0.1) is 0 Å². The molecule has 2 heterocycles. The minimum absolute atomic E-state index is 0.0432. The number of carbonyl (C=O) groups is 1. The molecule has 198 valence electrons. The Labute approximate surface area is 236 Å². The summed E-state index contributed by atoms with van der Waals surface area (Å²) in [7, 11) is 0. The van der Waals surface area contributed by atoms with Gasteiger partial charge in [0.2, 0.25) is 5.17 Å². The number of amides is 1. The van der Waals surface area contributed by atoms with Crippen molar-refractivity contribution in [2.45, 2.75) is 26.7 Å². The number of nitrogens with one attached hydrogen (secondary N) is 1. The number of fused-ring (bicyclic) bond motifs is 1. The van der Waals surface area contributed by atoms with E-state index in [1.807, 2.05) is 55.5 Å². The molecule has 1 amide bonds. The Morgan fingerprint density at radius 3 is 2.64 bits per heavy atom. The van der Waals surface area contributed by atoms with Crippen LogP contribution in [-0.4, -0.2) is 40.2 Å². The van der Waals surface area contributed by atoms with Gasteiger partial charge in [-0.25, -0.2) is 0 Å². The molecule has 0 fully saturated rings. The molecule has 0 saturated carbocycles. The van der Waals surface area contributed by atoms with Gasteiger partial charge in [-0.1, -0.05) is 67.9 Å². The van der Waals surface area contributed by atoms with Crippen LogP contribution in [0.5, 0.6) is 11.5 Å². The lowest BCUT2D eigenvalue weighted by Crippen LogP contribution is -2.35. The SMILES string of the molecule is Cc1ccc(C(C)C)c(OCCOc2cccc(/C=C3/C(=N)N4N=C(c5ccccc5Cl)SC4=NC3=O)c2)c1. The number of rotatable bonds is 8. The number of nitrogens with zero attached hydrogens (tertiary/aromatic N) is 3. The first-order valence-corrected chi connectivity index (χ1v) is 13.7. The second-order valence-electron chi connectivity index (χ2n) is 9.37. The molecule has 0 aliphatic carbocycles. The highest BCUT2D eigenvalue weighted by Gasteiger charge is 2.36. The van der Waals surface area contributed by atoms with Crippen LogP contribution in [0.25, 0.3) is 6.08 Å². The molecule has 0 atom stereocenters. The third-order valence-corrected chi connectivity index (χ3v) is 7.40. The van der Waals surface area contributed by atoms with E-state index in [1.54, 1.807) is 12.1 Å². The van der Waals surface area contributed by atoms with Crippen molar-refractivity contribution < 1.29 is 14.3 Å². The molecule has 2 aliphatic heterocycles. The summed E-state index contributed by atoms with van der Waals surface area (Å²) < 4.78 is 11.9. The number of ether oxygens (including phenoxy) is 2. The van der Waals surface area contributed by atoms with E-state index in [0.717, 1.165) is 16.9 Å². The van der Waals surface area contributed by atoms with Crippen molar-refractivity contribution in [3.63, 3.8) is 0 Å². The molecule has 1 N–H and O–H groups in total. The topological polar surface area (TPSA) is 87.3 Å². The van der Waals surface area contributed by atoms with Crippen molar-refractivity contribution in [1.29, 1.82) is 5.41 Å². The Balaban J connectivity index is 1.26. The van der Waals surface area contributed by atoms with Crippen molar-refractivity contribution in [2.24, 2.45) is 10.1 Å². The summed E-state index contributed by atoms with van der Waals surface area (Å²) in [5.41, 5.74) is 3.89. The standard InChI is InChI=1S/C30H27ClN4O3S/c1-18(2)22-12-11-19(3)15-26(22)38-14-13-37-21-8-6-7-20(16-21)17-24-27(32)35-30(33-28(24)36)39-29(34-35)23-9-4-5-10-25(23)31/h4-12,15-18,32H,13-14H2,1-3H3/b24-17-,32-27?. The lowest BCUT2D eigenvalue weighted by Gasteiger charge is -2.20. The molecule has 39 heavy (non-hydrogen) atoms. The zero-order chi connectivity index (χ0) is 27.5. The molecule has 0 saturated heterocycles. The van der Waals surface area contributed by atoms with E-state index < -0.39 is 5.91 Å². The Morgan fingerprint density at radius 1 is 1.05 bits per heavy atom. The number of benzene rings is 3. The van der Waals surface area contributed by atoms with Crippen LogP contribution in [0.3, 0.4) is 0 Å². The normalized spacial score (nSPS) is 15.9. The maximum Gasteiger partial charge on any atom is 0.283 e. The number of halogens is 1. The van der Waals surface area contributed by atoms with Crippen molar-refractivity contribution in [1.82, 2.24) is 5.01 Å². The maximum absolute atomic E-state index is 12.8. The summed E-state index contributed by atoms with van der Waals surface area (Å²) in [6, 6.07) is 20.9. The lowest BCUT2D eigenvalue weighted by molar-refractivity contribution is -0.114. The summed E-state index contributed by atoms with van der Waals surface area (Å²) >= 11 is 7.53. The first-order valence-electron chi connectivity index (χ1n) is 12.5. The van der Waals surface area contributed by atoms with E-state index in [1.165, 1.54) is 22.3 Å².